The van der Waals surface area contributed by atoms with E-state index >= 15 is 0 Å². The summed E-state index contributed by atoms with van der Waals surface area (Å²) in [5.41, 5.74) is 7.00. The van der Waals surface area contributed by atoms with Crippen molar-refractivity contribution in [1.29, 1.82) is 5.26 Å². The van der Waals surface area contributed by atoms with Crippen molar-refractivity contribution in [2.24, 2.45) is 16.6 Å². The van der Waals surface area contributed by atoms with Crippen LogP contribution in [0.1, 0.15) is 38.2 Å². The third kappa shape index (κ3) is 6.29. The SMILES string of the molecule is CC(=O)N(C)C(N)=NC[C@H]1CCC[C@@H](NC(=O)Nc2ccc(C#N)cc2)C1. The van der Waals surface area contributed by atoms with E-state index in [0.717, 1.165) is 25.7 Å². The first-order valence-corrected chi connectivity index (χ1v) is 9.01. The first-order valence-electron chi connectivity index (χ1n) is 9.01. The number of benzene rings is 1. The van der Waals surface area contributed by atoms with Crippen LogP contribution < -0.4 is 16.4 Å². The molecule has 8 heteroatoms. The Hall–Kier alpha value is -3.08. The summed E-state index contributed by atoms with van der Waals surface area (Å²) >= 11 is 0. The Morgan fingerprint density at radius 2 is 2.04 bits per heavy atom. The number of anilines is 1. The molecule has 0 aromatic heterocycles. The van der Waals surface area contributed by atoms with Crippen molar-refractivity contribution in [2.45, 2.75) is 38.6 Å². The van der Waals surface area contributed by atoms with E-state index in [1.165, 1.54) is 11.8 Å². The highest BCUT2D eigenvalue weighted by Gasteiger charge is 2.23. The van der Waals surface area contributed by atoms with Gasteiger partial charge < -0.3 is 16.4 Å². The van der Waals surface area contributed by atoms with Gasteiger partial charge in [-0.2, -0.15) is 5.26 Å². The Morgan fingerprint density at radius 1 is 1.33 bits per heavy atom. The summed E-state index contributed by atoms with van der Waals surface area (Å²) in [4.78, 5) is 29.1. The number of carbonyl (C=O) groups is 2. The van der Waals surface area contributed by atoms with Gasteiger partial charge in [0.25, 0.3) is 0 Å². The quantitative estimate of drug-likeness (QED) is 0.554. The molecule has 144 valence electrons. The number of nitrogens with zero attached hydrogens (tertiary/aromatic N) is 3. The molecule has 2 atom stereocenters. The molecule has 1 aliphatic rings. The lowest BCUT2D eigenvalue weighted by atomic mass is 9.86. The lowest BCUT2D eigenvalue weighted by molar-refractivity contribution is -0.124. The van der Waals surface area contributed by atoms with Crippen molar-refractivity contribution in [1.82, 2.24) is 10.2 Å². The Morgan fingerprint density at radius 3 is 2.67 bits per heavy atom. The van der Waals surface area contributed by atoms with Crippen molar-refractivity contribution in [2.75, 3.05) is 18.9 Å². The summed E-state index contributed by atoms with van der Waals surface area (Å²) in [6, 6.07) is 8.57. The fraction of sp³-hybridized carbons (Fsp3) is 0.474. The second-order valence-corrected chi connectivity index (χ2v) is 6.79. The molecule has 0 spiro atoms. The van der Waals surface area contributed by atoms with Gasteiger partial charge in [-0.15, -0.1) is 0 Å². The van der Waals surface area contributed by atoms with Gasteiger partial charge in [0.05, 0.1) is 11.6 Å². The normalized spacial score (nSPS) is 19.7. The molecule has 1 saturated carbocycles. The van der Waals surface area contributed by atoms with Gasteiger partial charge in [0.1, 0.15) is 0 Å². The number of nitrogens with one attached hydrogen (secondary N) is 2. The molecule has 0 saturated heterocycles. The molecule has 0 radical (unpaired) electrons. The van der Waals surface area contributed by atoms with Gasteiger partial charge in [-0.05, 0) is 49.4 Å². The van der Waals surface area contributed by atoms with E-state index in [2.05, 4.69) is 15.6 Å². The van der Waals surface area contributed by atoms with Gasteiger partial charge >= 0.3 is 6.03 Å². The average Bonchev–Trinajstić information content (AvgIpc) is 2.66. The molecule has 27 heavy (non-hydrogen) atoms. The van der Waals surface area contributed by atoms with Gasteiger partial charge in [0.2, 0.25) is 5.91 Å². The van der Waals surface area contributed by atoms with Crippen LogP contribution in [0, 0.1) is 17.2 Å². The van der Waals surface area contributed by atoms with Crippen molar-refractivity contribution >= 4 is 23.6 Å². The van der Waals surface area contributed by atoms with Crippen LogP contribution in [-0.4, -0.2) is 42.4 Å². The number of nitrogens with two attached hydrogens (primary N) is 1. The Kier molecular flexibility index (Phi) is 7.17. The summed E-state index contributed by atoms with van der Waals surface area (Å²) in [5.74, 6) is 0.382. The van der Waals surface area contributed by atoms with Gasteiger partial charge in [-0.1, -0.05) is 6.42 Å². The van der Waals surface area contributed by atoms with E-state index in [0.29, 0.717) is 23.7 Å². The molecule has 3 amide bonds. The first kappa shape index (κ1) is 20.2. The molecule has 8 nitrogen and oxygen atoms in total. The molecule has 0 bridgehead atoms. The monoisotopic (exact) mass is 370 g/mol. The number of carbonyl (C=O) groups excluding carboxylic acids is 2. The maximum Gasteiger partial charge on any atom is 0.319 e. The van der Waals surface area contributed by atoms with Crippen LogP contribution >= 0.6 is 0 Å². The van der Waals surface area contributed by atoms with Crippen LogP contribution in [0.5, 0.6) is 0 Å². The molecular formula is C19H26N6O2. The average molecular weight is 370 g/mol. The predicted molar refractivity (Wildman–Crippen MR) is 104 cm³/mol. The number of amides is 3. The van der Waals surface area contributed by atoms with E-state index in [4.69, 9.17) is 11.0 Å². The molecule has 1 aromatic carbocycles. The molecule has 1 aromatic rings. The van der Waals surface area contributed by atoms with Crippen LogP contribution in [0.3, 0.4) is 0 Å². The van der Waals surface area contributed by atoms with E-state index in [9.17, 15) is 9.59 Å². The zero-order chi connectivity index (χ0) is 19.8. The molecule has 4 N–H and O–H groups in total. The molecule has 1 aliphatic carbocycles. The van der Waals surface area contributed by atoms with Crippen LogP contribution in [0.25, 0.3) is 0 Å². The molecule has 0 aliphatic heterocycles. The summed E-state index contributed by atoms with van der Waals surface area (Å²) < 4.78 is 0. The van der Waals surface area contributed by atoms with Crippen molar-refractivity contribution in [3.63, 3.8) is 0 Å². The maximum absolute atomic E-state index is 12.2. The minimum absolute atomic E-state index is 0.0732. The first-order chi connectivity index (χ1) is 12.9. The number of hydrogen-bond donors (Lipinski definition) is 3. The largest absolute Gasteiger partial charge is 0.369 e. The number of nitriles is 1. The minimum Gasteiger partial charge on any atom is -0.369 e. The van der Waals surface area contributed by atoms with Crippen molar-refractivity contribution < 1.29 is 9.59 Å². The Bertz CT molecular complexity index is 738. The highest BCUT2D eigenvalue weighted by Crippen LogP contribution is 2.24. The van der Waals surface area contributed by atoms with Crippen molar-refractivity contribution in [3.05, 3.63) is 29.8 Å². The van der Waals surface area contributed by atoms with Crippen LogP contribution in [-0.2, 0) is 4.79 Å². The topological polar surface area (TPSA) is 124 Å². The minimum atomic E-state index is -0.260. The van der Waals surface area contributed by atoms with Crippen LogP contribution in [0.15, 0.2) is 29.3 Å². The number of hydrogen-bond acceptors (Lipinski definition) is 4. The van der Waals surface area contributed by atoms with Crippen molar-refractivity contribution in [3.8, 4) is 6.07 Å². The van der Waals surface area contributed by atoms with Gasteiger partial charge in [0.15, 0.2) is 5.96 Å². The fourth-order valence-corrected chi connectivity index (χ4v) is 3.06. The fourth-order valence-electron chi connectivity index (χ4n) is 3.06. The zero-order valence-electron chi connectivity index (χ0n) is 15.7. The Balaban J connectivity index is 1.83. The standard InChI is InChI=1S/C19H26N6O2/c1-13(26)25(2)18(21)22-12-15-4-3-5-17(10-15)24-19(27)23-16-8-6-14(11-20)7-9-16/h6-9,15,17H,3-5,10,12H2,1-2H3,(H2,21,22)(H2,23,24,27)/t15-,17+/m0/s1. The van der Waals surface area contributed by atoms with Gasteiger partial charge in [0, 0.05) is 32.2 Å². The number of guanidine groups is 1. The van der Waals surface area contributed by atoms with E-state index < -0.39 is 0 Å². The number of rotatable bonds is 4. The Labute approximate surface area is 159 Å². The van der Waals surface area contributed by atoms with Gasteiger partial charge in [-0.3, -0.25) is 14.7 Å². The molecule has 0 unspecified atom stereocenters. The lowest BCUT2D eigenvalue weighted by Gasteiger charge is -2.29. The van der Waals surface area contributed by atoms with E-state index in [1.54, 1.807) is 31.3 Å². The number of aliphatic imine (C=N–C) groups is 1. The summed E-state index contributed by atoms with van der Waals surface area (Å²) in [6.07, 6.45) is 3.77. The summed E-state index contributed by atoms with van der Waals surface area (Å²) in [6.45, 7) is 1.98. The van der Waals surface area contributed by atoms with Gasteiger partial charge in [-0.25, -0.2) is 4.79 Å². The summed E-state index contributed by atoms with van der Waals surface area (Å²) in [7, 11) is 1.60. The maximum atomic E-state index is 12.2. The van der Waals surface area contributed by atoms with E-state index in [1.807, 2.05) is 6.07 Å². The van der Waals surface area contributed by atoms with Crippen LogP contribution in [0.4, 0.5) is 10.5 Å². The molecule has 1 fully saturated rings. The highest BCUT2D eigenvalue weighted by molar-refractivity contribution is 5.94. The predicted octanol–water partition coefficient (Wildman–Crippen LogP) is 2.03. The second-order valence-electron chi connectivity index (χ2n) is 6.79. The third-order valence-electron chi connectivity index (χ3n) is 4.72. The lowest BCUT2D eigenvalue weighted by Crippen LogP contribution is -2.41. The highest BCUT2D eigenvalue weighted by atomic mass is 16.2. The number of urea groups is 1. The summed E-state index contributed by atoms with van der Waals surface area (Å²) in [5, 5.41) is 14.6. The smallest absolute Gasteiger partial charge is 0.319 e. The third-order valence-corrected chi connectivity index (χ3v) is 4.72. The molecule has 2 rings (SSSR count). The zero-order valence-corrected chi connectivity index (χ0v) is 15.7. The second kappa shape index (κ2) is 9.57. The van der Waals surface area contributed by atoms with Crippen LogP contribution in [0.2, 0.25) is 0 Å². The molecular weight excluding hydrogens is 344 g/mol. The molecule has 0 heterocycles. The van der Waals surface area contributed by atoms with E-state index in [-0.39, 0.29) is 23.9 Å².